The summed E-state index contributed by atoms with van der Waals surface area (Å²) >= 11 is 0. The van der Waals surface area contributed by atoms with Gasteiger partial charge < -0.3 is 10.1 Å². The molecule has 0 saturated heterocycles. The Labute approximate surface area is 132 Å². The second-order valence-corrected chi connectivity index (χ2v) is 5.52. The Bertz CT molecular complexity index is 612. The van der Waals surface area contributed by atoms with Gasteiger partial charge in [0.2, 0.25) is 5.91 Å². The van der Waals surface area contributed by atoms with Gasteiger partial charge in [-0.2, -0.15) is 0 Å². The van der Waals surface area contributed by atoms with Gasteiger partial charge in [-0.05, 0) is 61.2 Å². The summed E-state index contributed by atoms with van der Waals surface area (Å²) in [5.74, 6) is 0.770. The first-order valence-electron chi connectivity index (χ1n) is 7.66. The summed E-state index contributed by atoms with van der Waals surface area (Å²) in [6.07, 6.45) is 1.35. The summed E-state index contributed by atoms with van der Waals surface area (Å²) in [7, 11) is 0. The molecule has 0 aliphatic rings. The van der Waals surface area contributed by atoms with Crippen molar-refractivity contribution < 1.29 is 9.53 Å². The van der Waals surface area contributed by atoms with Crippen LogP contribution in [0.1, 0.15) is 30.0 Å². The molecule has 2 aromatic carbocycles. The van der Waals surface area contributed by atoms with Crippen LogP contribution in [0, 0.1) is 13.8 Å². The van der Waals surface area contributed by atoms with Gasteiger partial charge in [-0.1, -0.05) is 25.1 Å². The van der Waals surface area contributed by atoms with E-state index in [2.05, 4.69) is 18.3 Å². The monoisotopic (exact) mass is 297 g/mol. The van der Waals surface area contributed by atoms with Crippen molar-refractivity contribution in [1.29, 1.82) is 0 Å². The summed E-state index contributed by atoms with van der Waals surface area (Å²) < 4.78 is 5.60. The molecule has 2 rings (SSSR count). The molecular weight excluding hydrogens is 274 g/mol. The van der Waals surface area contributed by atoms with Gasteiger partial charge in [-0.3, -0.25) is 4.79 Å². The van der Waals surface area contributed by atoms with E-state index in [1.807, 2.05) is 50.2 Å². The van der Waals surface area contributed by atoms with Crippen LogP contribution in [-0.4, -0.2) is 12.5 Å². The molecule has 2 aromatic rings. The van der Waals surface area contributed by atoms with E-state index in [0.717, 1.165) is 29.0 Å². The quantitative estimate of drug-likeness (QED) is 0.864. The van der Waals surface area contributed by atoms with Gasteiger partial charge in [-0.15, -0.1) is 0 Å². The molecular formula is C19H23NO2. The predicted octanol–water partition coefficient (Wildman–Crippen LogP) is 4.27. The Morgan fingerprint density at radius 3 is 2.27 bits per heavy atom. The number of hydrogen-bond donors (Lipinski definition) is 1. The summed E-state index contributed by atoms with van der Waals surface area (Å²) in [6.45, 7) is 6.53. The van der Waals surface area contributed by atoms with E-state index in [4.69, 9.17) is 4.74 Å². The molecule has 0 heterocycles. The van der Waals surface area contributed by atoms with Gasteiger partial charge in [0.25, 0.3) is 0 Å². The van der Waals surface area contributed by atoms with Crippen molar-refractivity contribution in [1.82, 2.24) is 0 Å². The van der Waals surface area contributed by atoms with Gasteiger partial charge in [-0.25, -0.2) is 0 Å². The number of carbonyl (C=O) groups is 1. The van der Waals surface area contributed by atoms with Crippen LogP contribution in [0.2, 0.25) is 0 Å². The Morgan fingerprint density at radius 1 is 1.05 bits per heavy atom. The summed E-state index contributed by atoms with van der Waals surface area (Å²) in [6, 6.07) is 14.0. The van der Waals surface area contributed by atoms with E-state index in [-0.39, 0.29) is 5.91 Å². The lowest BCUT2D eigenvalue weighted by Crippen LogP contribution is -2.15. The summed E-state index contributed by atoms with van der Waals surface area (Å²) in [5.41, 5.74) is 4.40. The van der Waals surface area contributed by atoms with Crippen molar-refractivity contribution in [3.63, 3.8) is 0 Å². The number of benzene rings is 2. The molecule has 0 aliphatic carbocycles. The van der Waals surface area contributed by atoms with Gasteiger partial charge in [0, 0.05) is 5.69 Å². The number of anilines is 1. The van der Waals surface area contributed by atoms with Crippen LogP contribution in [0.5, 0.6) is 5.75 Å². The van der Waals surface area contributed by atoms with E-state index >= 15 is 0 Å². The molecule has 1 N–H and O–H groups in total. The minimum absolute atomic E-state index is 0.0322. The highest BCUT2D eigenvalue weighted by Gasteiger charge is 2.04. The summed E-state index contributed by atoms with van der Waals surface area (Å²) in [4.78, 5) is 11.9. The molecule has 116 valence electrons. The van der Waals surface area contributed by atoms with E-state index in [9.17, 15) is 4.79 Å². The van der Waals surface area contributed by atoms with E-state index in [1.165, 1.54) is 5.56 Å². The number of rotatable bonds is 6. The molecule has 0 radical (unpaired) electrons. The molecule has 0 spiro atoms. The van der Waals surface area contributed by atoms with Crippen molar-refractivity contribution in [2.75, 3.05) is 11.9 Å². The third-order valence-corrected chi connectivity index (χ3v) is 3.43. The first kappa shape index (κ1) is 16.1. The number of nitrogens with one attached hydrogen (secondary N) is 1. The van der Waals surface area contributed by atoms with Crippen molar-refractivity contribution in [3.05, 3.63) is 59.2 Å². The zero-order chi connectivity index (χ0) is 15.9. The zero-order valence-corrected chi connectivity index (χ0v) is 13.5. The average molecular weight is 297 g/mol. The highest BCUT2D eigenvalue weighted by Crippen LogP contribution is 2.15. The number of ether oxygens (including phenoxy) is 1. The van der Waals surface area contributed by atoms with Crippen molar-refractivity contribution >= 4 is 11.6 Å². The Morgan fingerprint density at radius 2 is 1.68 bits per heavy atom. The number of hydrogen-bond acceptors (Lipinski definition) is 2. The Balaban J connectivity index is 1.79. The van der Waals surface area contributed by atoms with Gasteiger partial charge in [0.15, 0.2) is 0 Å². The first-order valence-corrected chi connectivity index (χ1v) is 7.66. The third kappa shape index (κ3) is 4.92. The fraction of sp³-hybridized carbons (Fsp3) is 0.316. The molecule has 0 unspecified atom stereocenters. The normalized spacial score (nSPS) is 10.3. The Hall–Kier alpha value is -2.29. The largest absolute Gasteiger partial charge is 0.493 e. The topological polar surface area (TPSA) is 38.3 Å². The van der Waals surface area contributed by atoms with Crippen LogP contribution in [0.25, 0.3) is 0 Å². The molecule has 0 bridgehead atoms. The molecule has 0 aliphatic heterocycles. The number of carbonyl (C=O) groups excluding carboxylic acids is 1. The minimum Gasteiger partial charge on any atom is -0.493 e. The van der Waals surface area contributed by atoms with Crippen molar-refractivity contribution in [2.24, 2.45) is 0 Å². The smallest absolute Gasteiger partial charge is 0.227 e. The lowest BCUT2D eigenvalue weighted by atomic mass is 10.1. The molecule has 0 fully saturated rings. The Kier molecular flexibility index (Phi) is 5.59. The fourth-order valence-electron chi connectivity index (χ4n) is 2.35. The molecule has 1 amide bonds. The molecule has 3 heteroatoms. The van der Waals surface area contributed by atoms with E-state index < -0.39 is 0 Å². The predicted molar refractivity (Wildman–Crippen MR) is 90.5 cm³/mol. The van der Waals surface area contributed by atoms with Gasteiger partial charge in [0.1, 0.15) is 5.75 Å². The SMILES string of the molecule is CCc1ccc(OCCC(=O)Nc2cc(C)cc(C)c2)cc1. The van der Waals surface area contributed by atoms with Crippen LogP contribution in [0.3, 0.4) is 0 Å². The molecule has 0 atom stereocenters. The van der Waals surface area contributed by atoms with E-state index in [0.29, 0.717) is 13.0 Å². The minimum atomic E-state index is -0.0322. The van der Waals surface area contributed by atoms with Crippen molar-refractivity contribution in [2.45, 2.75) is 33.6 Å². The van der Waals surface area contributed by atoms with Crippen LogP contribution in [0.4, 0.5) is 5.69 Å². The first-order chi connectivity index (χ1) is 10.6. The lowest BCUT2D eigenvalue weighted by Gasteiger charge is -2.09. The molecule has 22 heavy (non-hydrogen) atoms. The standard InChI is InChI=1S/C19H23NO2/c1-4-16-5-7-18(8-6-16)22-10-9-19(21)20-17-12-14(2)11-15(3)13-17/h5-8,11-13H,4,9-10H2,1-3H3,(H,20,21). The number of amides is 1. The molecule has 0 aromatic heterocycles. The second-order valence-electron chi connectivity index (χ2n) is 5.52. The van der Waals surface area contributed by atoms with Crippen LogP contribution < -0.4 is 10.1 Å². The lowest BCUT2D eigenvalue weighted by molar-refractivity contribution is -0.116. The van der Waals surface area contributed by atoms with Crippen molar-refractivity contribution in [3.8, 4) is 5.75 Å². The van der Waals surface area contributed by atoms with Gasteiger partial charge in [0.05, 0.1) is 13.0 Å². The highest BCUT2D eigenvalue weighted by molar-refractivity contribution is 5.90. The molecule has 3 nitrogen and oxygen atoms in total. The number of aryl methyl sites for hydroxylation is 3. The summed E-state index contributed by atoms with van der Waals surface area (Å²) in [5, 5.41) is 2.91. The maximum Gasteiger partial charge on any atom is 0.227 e. The third-order valence-electron chi connectivity index (χ3n) is 3.43. The van der Waals surface area contributed by atoms with Crippen LogP contribution in [-0.2, 0) is 11.2 Å². The van der Waals surface area contributed by atoms with E-state index in [1.54, 1.807) is 0 Å². The zero-order valence-electron chi connectivity index (χ0n) is 13.5. The highest BCUT2D eigenvalue weighted by atomic mass is 16.5. The average Bonchev–Trinajstić information content (AvgIpc) is 2.47. The van der Waals surface area contributed by atoms with Crippen LogP contribution in [0.15, 0.2) is 42.5 Å². The van der Waals surface area contributed by atoms with Gasteiger partial charge >= 0.3 is 0 Å². The second kappa shape index (κ2) is 7.64. The maximum absolute atomic E-state index is 11.9. The fourth-order valence-corrected chi connectivity index (χ4v) is 2.35. The molecule has 0 saturated carbocycles. The maximum atomic E-state index is 11.9. The van der Waals surface area contributed by atoms with Crippen LogP contribution >= 0.6 is 0 Å².